The van der Waals surface area contributed by atoms with E-state index in [2.05, 4.69) is 28.5 Å². The Labute approximate surface area is 142 Å². The lowest BCUT2D eigenvalue weighted by molar-refractivity contribution is 0.355. The normalized spacial score (nSPS) is 11.2. The molecule has 23 heavy (non-hydrogen) atoms. The molecule has 0 unspecified atom stereocenters. The van der Waals surface area contributed by atoms with E-state index >= 15 is 0 Å². The summed E-state index contributed by atoms with van der Waals surface area (Å²) >= 11 is 5.48. The van der Waals surface area contributed by atoms with Gasteiger partial charge >= 0.3 is 0 Å². The van der Waals surface area contributed by atoms with Crippen LogP contribution in [0.1, 0.15) is 18.7 Å². The van der Waals surface area contributed by atoms with Crippen LogP contribution in [0.5, 0.6) is 11.5 Å². The summed E-state index contributed by atoms with van der Waals surface area (Å²) in [5.74, 6) is 2.38. The maximum atomic E-state index is 5.48. The zero-order valence-corrected chi connectivity index (χ0v) is 15.4. The van der Waals surface area contributed by atoms with Gasteiger partial charge in [-0.25, -0.2) is 4.98 Å². The van der Waals surface area contributed by atoms with Gasteiger partial charge in [-0.05, 0) is 39.5 Å². The topological polar surface area (TPSA) is 39.5 Å². The van der Waals surface area contributed by atoms with E-state index in [1.807, 2.05) is 19.2 Å². The summed E-state index contributed by atoms with van der Waals surface area (Å²) in [6.45, 7) is 1.09. The molecule has 2 rings (SSSR count). The fourth-order valence-corrected chi connectivity index (χ4v) is 2.91. The largest absolute Gasteiger partial charge is 0.493 e. The summed E-state index contributed by atoms with van der Waals surface area (Å²) in [5.41, 5.74) is 1.02. The smallest absolute Gasteiger partial charge is 0.162 e. The van der Waals surface area contributed by atoms with Crippen LogP contribution in [0.15, 0.2) is 12.1 Å². The lowest BCUT2D eigenvalue weighted by Crippen LogP contribution is -2.13. The van der Waals surface area contributed by atoms with Crippen LogP contribution in [0.3, 0.4) is 0 Å². The lowest BCUT2D eigenvalue weighted by atomic mass is 10.2. The number of ether oxygens (including phenoxy) is 2. The Morgan fingerprint density at radius 2 is 1.78 bits per heavy atom. The van der Waals surface area contributed by atoms with E-state index < -0.39 is 0 Å². The van der Waals surface area contributed by atoms with E-state index in [1.54, 1.807) is 14.2 Å². The van der Waals surface area contributed by atoms with Gasteiger partial charge < -0.3 is 18.9 Å². The van der Waals surface area contributed by atoms with Gasteiger partial charge in [0.25, 0.3) is 0 Å². The zero-order chi connectivity index (χ0) is 17.0. The van der Waals surface area contributed by atoms with Crippen molar-refractivity contribution >= 4 is 23.1 Å². The predicted octanol–water partition coefficient (Wildman–Crippen LogP) is 3.20. The van der Waals surface area contributed by atoms with Crippen LogP contribution in [0, 0.1) is 4.64 Å². The monoisotopic (exact) mass is 335 g/mol. The van der Waals surface area contributed by atoms with Crippen molar-refractivity contribution in [3.05, 3.63) is 22.6 Å². The quantitative estimate of drug-likeness (QED) is 0.574. The molecule has 0 amide bonds. The molecule has 0 aliphatic heterocycles. The molecule has 0 N–H and O–H groups in total. The lowest BCUT2D eigenvalue weighted by Gasteiger charge is -2.15. The molecule has 5 nitrogen and oxygen atoms in total. The maximum Gasteiger partial charge on any atom is 0.162 e. The van der Waals surface area contributed by atoms with Crippen molar-refractivity contribution in [2.75, 3.05) is 34.9 Å². The van der Waals surface area contributed by atoms with Crippen LogP contribution in [0.4, 0.5) is 0 Å². The van der Waals surface area contributed by atoms with Gasteiger partial charge in [-0.1, -0.05) is 12.2 Å². The van der Waals surface area contributed by atoms with Gasteiger partial charge in [-0.3, -0.25) is 0 Å². The molecule has 0 spiro atoms. The van der Waals surface area contributed by atoms with Crippen LogP contribution < -0.4 is 9.47 Å². The van der Waals surface area contributed by atoms with Crippen molar-refractivity contribution in [1.29, 1.82) is 0 Å². The molecule has 2 aromatic rings. The van der Waals surface area contributed by atoms with Crippen molar-refractivity contribution < 1.29 is 9.47 Å². The number of unbranched alkanes of at least 4 members (excludes halogenated alkanes) is 1. The molecule has 126 valence electrons. The van der Waals surface area contributed by atoms with Crippen molar-refractivity contribution in [2.24, 2.45) is 7.05 Å². The maximum absolute atomic E-state index is 5.48. The molecule has 6 heteroatoms. The van der Waals surface area contributed by atoms with Crippen LogP contribution in [-0.2, 0) is 13.5 Å². The van der Waals surface area contributed by atoms with Crippen molar-refractivity contribution in [1.82, 2.24) is 14.5 Å². The third kappa shape index (κ3) is 4.00. The number of benzene rings is 1. The van der Waals surface area contributed by atoms with Gasteiger partial charge in [-0.2, -0.15) is 0 Å². The van der Waals surface area contributed by atoms with Crippen LogP contribution >= 0.6 is 12.2 Å². The number of nitrogens with zero attached hydrogens (tertiary/aromatic N) is 3. The van der Waals surface area contributed by atoms with Gasteiger partial charge in [-0.15, -0.1) is 0 Å². The second-order valence-electron chi connectivity index (χ2n) is 5.88. The van der Waals surface area contributed by atoms with Crippen LogP contribution in [-0.4, -0.2) is 49.3 Å². The van der Waals surface area contributed by atoms with Crippen molar-refractivity contribution in [3.63, 3.8) is 0 Å². The molecule has 0 fully saturated rings. The molecule has 0 atom stereocenters. The highest BCUT2D eigenvalue weighted by atomic mass is 32.1. The number of aryl methyl sites for hydroxylation is 2. The zero-order valence-electron chi connectivity index (χ0n) is 14.5. The van der Waals surface area contributed by atoms with E-state index in [4.69, 9.17) is 21.7 Å². The SMILES string of the molecule is COc1cc2c(=S)nc(CCCCN(C)C)n(C)c2cc1OC. The molecule has 0 bridgehead atoms. The Hall–Kier alpha value is -1.66. The molecule has 1 aromatic carbocycles. The highest BCUT2D eigenvalue weighted by molar-refractivity contribution is 7.71. The van der Waals surface area contributed by atoms with E-state index in [-0.39, 0.29) is 0 Å². The predicted molar refractivity (Wildman–Crippen MR) is 96.1 cm³/mol. The fourth-order valence-electron chi connectivity index (χ4n) is 2.64. The molecular formula is C17H25N3O2S. The number of rotatable bonds is 7. The Morgan fingerprint density at radius 3 is 2.39 bits per heavy atom. The molecule has 0 aliphatic rings. The van der Waals surface area contributed by atoms with Gasteiger partial charge in [0.05, 0.1) is 19.7 Å². The van der Waals surface area contributed by atoms with E-state index in [1.165, 1.54) is 0 Å². The number of methoxy groups -OCH3 is 2. The summed E-state index contributed by atoms with van der Waals surface area (Å²) in [6, 6.07) is 3.87. The Bertz CT molecular complexity index is 741. The third-order valence-corrected chi connectivity index (χ3v) is 4.28. The highest BCUT2D eigenvalue weighted by Gasteiger charge is 2.12. The number of fused-ring (bicyclic) bond motifs is 1. The van der Waals surface area contributed by atoms with E-state index in [0.29, 0.717) is 16.1 Å². The summed E-state index contributed by atoms with van der Waals surface area (Å²) in [5, 5.41) is 0.914. The third-order valence-electron chi connectivity index (χ3n) is 3.97. The minimum absolute atomic E-state index is 0.613. The summed E-state index contributed by atoms with van der Waals surface area (Å²) in [4.78, 5) is 6.81. The van der Waals surface area contributed by atoms with E-state index in [0.717, 1.165) is 42.5 Å². The summed E-state index contributed by atoms with van der Waals surface area (Å²) in [6.07, 6.45) is 3.15. The second-order valence-corrected chi connectivity index (χ2v) is 6.26. The number of hydrogen-bond acceptors (Lipinski definition) is 5. The highest BCUT2D eigenvalue weighted by Crippen LogP contribution is 2.32. The van der Waals surface area contributed by atoms with Gasteiger partial charge in [0, 0.05) is 24.9 Å². The Balaban J connectivity index is 2.37. The first-order valence-corrected chi connectivity index (χ1v) is 8.15. The van der Waals surface area contributed by atoms with Crippen molar-refractivity contribution in [3.8, 4) is 11.5 Å². The first kappa shape index (κ1) is 17.7. The molecule has 1 heterocycles. The Kier molecular flexibility index (Phi) is 5.96. The van der Waals surface area contributed by atoms with Gasteiger partial charge in [0.2, 0.25) is 0 Å². The average molecular weight is 335 g/mol. The molecule has 0 aliphatic carbocycles. The minimum Gasteiger partial charge on any atom is -0.493 e. The van der Waals surface area contributed by atoms with Gasteiger partial charge in [0.15, 0.2) is 11.5 Å². The fraction of sp³-hybridized carbons (Fsp3) is 0.529. The Morgan fingerprint density at radius 1 is 1.13 bits per heavy atom. The first-order valence-electron chi connectivity index (χ1n) is 7.74. The van der Waals surface area contributed by atoms with Gasteiger partial charge in [0.1, 0.15) is 10.5 Å². The molecule has 0 saturated carbocycles. The minimum atomic E-state index is 0.613. The standard InChI is InChI=1S/C17H25N3O2S/c1-19(2)9-7-6-8-16-18-17(23)12-10-14(21-4)15(22-5)11-13(12)20(16)3/h10-11H,6-9H2,1-5H3. The first-order chi connectivity index (χ1) is 11.0. The van der Waals surface area contributed by atoms with Crippen molar-refractivity contribution in [2.45, 2.75) is 19.3 Å². The molecular weight excluding hydrogens is 310 g/mol. The number of aromatic nitrogens is 2. The summed E-state index contributed by atoms with van der Waals surface area (Å²) in [7, 11) is 9.47. The summed E-state index contributed by atoms with van der Waals surface area (Å²) < 4.78 is 13.5. The molecule has 0 saturated heterocycles. The second kappa shape index (κ2) is 7.75. The number of hydrogen-bond donors (Lipinski definition) is 0. The molecule has 0 radical (unpaired) electrons. The van der Waals surface area contributed by atoms with E-state index in [9.17, 15) is 0 Å². The molecule has 1 aromatic heterocycles. The van der Waals surface area contributed by atoms with Crippen LogP contribution in [0.25, 0.3) is 10.9 Å². The average Bonchev–Trinajstić information content (AvgIpc) is 2.54. The van der Waals surface area contributed by atoms with Crippen LogP contribution in [0.2, 0.25) is 0 Å².